The van der Waals surface area contributed by atoms with Crippen molar-refractivity contribution in [2.75, 3.05) is 13.0 Å². The van der Waals surface area contributed by atoms with Gasteiger partial charge in [0.15, 0.2) is 9.84 Å². The highest BCUT2D eigenvalue weighted by molar-refractivity contribution is 7.92. The van der Waals surface area contributed by atoms with Gasteiger partial charge in [-0.1, -0.05) is 0 Å². The quantitative estimate of drug-likeness (QED) is 0.356. The number of methoxy groups -OCH3 is 1. The molecular formula is C25H26F3N3O7S2. The first-order valence-corrected chi connectivity index (χ1v) is 15.2. The second-order valence-electron chi connectivity index (χ2n) is 9.19. The molecule has 0 aliphatic heterocycles. The maximum absolute atomic E-state index is 13.7. The van der Waals surface area contributed by atoms with Gasteiger partial charge in [0.25, 0.3) is 0 Å². The van der Waals surface area contributed by atoms with Crippen molar-refractivity contribution < 1.29 is 44.6 Å². The van der Waals surface area contributed by atoms with Crippen LogP contribution >= 0.6 is 0 Å². The zero-order valence-electron chi connectivity index (χ0n) is 21.2. The number of alkyl halides is 3. The highest BCUT2D eigenvalue weighted by Crippen LogP contribution is 2.35. The Morgan fingerprint density at radius 3 is 2.40 bits per heavy atom. The Balaban J connectivity index is 1.63. The summed E-state index contributed by atoms with van der Waals surface area (Å²) in [7, 11) is -7.58. The van der Waals surface area contributed by atoms with E-state index < -0.39 is 59.1 Å². The monoisotopic (exact) mass is 601 g/mol. The van der Waals surface area contributed by atoms with Gasteiger partial charge in [0.1, 0.15) is 11.6 Å². The number of carboxylic acid groups (broad SMARTS) is 1. The van der Waals surface area contributed by atoms with Crippen LogP contribution in [0, 0.1) is 0 Å². The Bertz CT molecular complexity index is 1620. The van der Waals surface area contributed by atoms with Crippen LogP contribution in [0.1, 0.15) is 42.1 Å². The molecule has 1 aromatic heterocycles. The summed E-state index contributed by atoms with van der Waals surface area (Å²) < 4.78 is 100. The van der Waals surface area contributed by atoms with Crippen LogP contribution in [0.3, 0.4) is 0 Å². The number of aliphatic carboxylic acids is 1. The Morgan fingerprint density at radius 1 is 1.10 bits per heavy atom. The predicted octanol–water partition coefficient (Wildman–Crippen LogP) is 3.62. The van der Waals surface area contributed by atoms with E-state index in [0.29, 0.717) is 42.7 Å². The number of sulfone groups is 2. The van der Waals surface area contributed by atoms with Gasteiger partial charge in [-0.05, 0) is 61.7 Å². The number of carboxylic acids is 1. The molecule has 0 spiro atoms. The van der Waals surface area contributed by atoms with Crippen LogP contribution in [0.5, 0.6) is 5.75 Å². The van der Waals surface area contributed by atoms with Crippen molar-refractivity contribution in [2.45, 2.75) is 59.1 Å². The van der Waals surface area contributed by atoms with Gasteiger partial charge in [0.2, 0.25) is 9.84 Å². The van der Waals surface area contributed by atoms with Crippen molar-refractivity contribution in [3.8, 4) is 5.75 Å². The summed E-state index contributed by atoms with van der Waals surface area (Å²) in [4.78, 5) is 8.98. The molecule has 1 aliphatic rings. The summed E-state index contributed by atoms with van der Waals surface area (Å²) in [6.07, 6.45) is -1.85. The number of aryl methyl sites for hydroxylation is 1. The van der Waals surface area contributed by atoms with E-state index in [2.05, 4.69) is 10.4 Å². The van der Waals surface area contributed by atoms with E-state index in [1.165, 1.54) is 25.4 Å². The van der Waals surface area contributed by atoms with Crippen LogP contribution in [0.25, 0.3) is 0 Å². The first-order chi connectivity index (χ1) is 18.7. The lowest BCUT2D eigenvalue weighted by molar-refractivity contribution is -0.138. The van der Waals surface area contributed by atoms with Crippen LogP contribution in [0.4, 0.5) is 13.2 Å². The normalized spacial score (nSPS) is 15.9. The van der Waals surface area contributed by atoms with E-state index in [1.54, 1.807) is 4.68 Å². The van der Waals surface area contributed by atoms with Crippen LogP contribution < -0.4 is 10.1 Å². The van der Waals surface area contributed by atoms with Crippen molar-refractivity contribution in [3.05, 3.63) is 65.5 Å². The lowest BCUT2D eigenvalue weighted by Crippen LogP contribution is -2.30. The molecule has 15 heteroatoms. The molecule has 1 heterocycles. The number of ether oxygens (including phenoxy) is 1. The average Bonchev–Trinajstić information content (AvgIpc) is 3.33. The largest absolute Gasteiger partial charge is 0.497 e. The predicted molar refractivity (Wildman–Crippen MR) is 135 cm³/mol. The molecule has 0 unspecified atom stereocenters. The molecular weight excluding hydrogens is 575 g/mol. The topological polar surface area (TPSA) is 145 Å². The Morgan fingerprint density at radius 2 is 1.77 bits per heavy atom. The Hall–Kier alpha value is -3.43. The number of hydrogen-bond donors (Lipinski definition) is 2. The second kappa shape index (κ2) is 11.2. The molecule has 0 radical (unpaired) electrons. The number of hydrogen-bond acceptors (Lipinski definition) is 8. The summed E-state index contributed by atoms with van der Waals surface area (Å²) in [5.74, 6) is -1.42. The van der Waals surface area contributed by atoms with Crippen molar-refractivity contribution in [3.63, 3.8) is 0 Å². The van der Waals surface area contributed by atoms with E-state index in [1.807, 2.05) is 0 Å². The van der Waals surface area contributed by atoms with Gasteiger partial charge in [0.05, 0.1) is 46.5 Å². The van der Waals surface area contributed by atoms with E-state index in [4.69, 9.17) is 9.84 Å². The van der Waals surface area contributed by atoms with Gasteiger partial charge in [0, 0.05) is 17.3 Å². The van der Waals surface area contributed by atoms with Gasteiger partial charge in [-0.25, -0.2) is 16.8 Å². The number of aromatic nitrogens is 2. The first kappa shape index (κ1) is 29.6. The van der Waals surface area contributed by atoms with Crippen molar-refractivity contribution in [1.29, 1.82) is 0 Å². The molecule has 2 aromatic carbocycles. The number of halogens is 3. The molecule has 4 rings (SSSR count). The fourth-order valence-electron chi connectivity index (χ4n) is 4.48. The minimum absolute atomic E-state index is 0.141. The molecule has 3 aromatic rings. The zero-order valence-corrected chi connectivity index (χ0v) is 22.8. The third kappa shape index (κ3) is 6.31. The third-order valence-electron chi connectivity index (χ3n) is 6.57. The van der Waals surface area contributed by atoms with Crippen LogP contribution in [-0.2, 0) is 43.6 Å². The van der Waals surface area contributed by atoms with Crippen LogP contribution in [0.2, 0.25) is 0 Å². The van der Waals surface area contributed by atoms with Crippen LogP contribution in [0.15, 0.2) is 63.3 Å². The summed E-state index contributed by atoms with van der Waals surface area (Å²) >= 11 is 0. The van der Waals surface area contributed by atoms with Crippen molar-refractivity contribution in [2.24, 2.45) is 0 Å². The van der Waals surface area contributed by atoms with E-state index in [-0.39, 0.29) is 17.9 Å². The van der Waals surface area contributed by atoms with Gasteiger partial charge in [-0.3, -0.25) is 14.8 Å². The molecule has 0 fully saturated rings. The first-order valence-electron chi connectivity index (χ1n) is 12.1. The number of benzene rings is 2. The number of carbonyl (C=O) groups is 1. The van der Waals surface area contributed by atoms with Gasteiger partial charge in [-0.15, -0.1) is 0 Å². The molecule has 1 atom stereocenters. The van der Waals surface area contributed by atoms with E-state index >= 15 is 0 Å². The lowest BCUT2D eigenvalue weighted by atomic mass is 9.93. The number of nitrogens with one attached hydrogen (secondary N) is 1. The van der Waals surface area contributed by atoms with Gasteiger partial charge < -0.3 is 9.84 Å². The highest BCUT2D eigenvalue weighted by Gasteiger charge is 2.35. The molecule has 0 bridgehead atoms. The zero-order chi connectivity index (χ0) is 29.3. The standard InChI is InChI=1S/C25H26F3N3O7S2/c1-38-17-5-7-18(8-6-17)40(36,37)20-12-16(25(26,27)28)11-19(13-20)39(34,35)15-29-22-3-2-4-23-21(22)14-30-31(23)10-9-24(32)33/h5-8,11-14,22,29H,2-4,9-10,15H2,1H3,(H,32,33)/t22-/m1/s1. The fraction of sp³-hybridized carbons (Fsp3) is 0.360. The molecule has 216 valence electrons. The fourth-order valence-corrected chi connectivity index (χ4v) is 7.09. The summed E-state index contributed by atoms with van der Waals surface area (Å²) in [6.45, 7) is 0.144. The van der Waals surface area contributed by atoms with Gasteiger partial charge >= 0.3 is 12.1 Å². The third-order valence-corrected chi connectivity index (χ3v) is 9.82. The number of rotatable bonds is 10. The minimum Gasteiger partial charge on any atom is -0.497 e. The molecule has 40 heavy (non-hydrogen) atoms. The second-order valence-corrected chi connectivity index (χ2v) is 13.1. The van der Waals surface area contributed by atoms with Crippen LogP contribution in [-0.4, -0.2) is 50.7 Å². The number of fused-ring (bicyclic) bond motifs is 1. The van der Waals surface area contributed by atoms with E-state index in [9.17, 15) is 34.8 Å². The summed E-state index contributed by atoms with van der Waals surface area (Å²) in [5, 5.41) is 16.0. The van der Waals surface area contributed by atoms with Gasteiger partial charge in [-0.2, -0.15) is 18.3 Å². The molecule has 10 nitrogen and oxygen atoms in total. The molecule has 0 saturated carbocycles. The smallest absolute Gasteiger partial charge is 0.416 e. The molecule has 1 aliphatic carbocycles. The maximum atomic E-state index is 13.7. The molecule has 2 N–H and O–H groups in total. The van der Waals surface area contributed by atoms with Crippen molar-refractivity contribution in [1.82, 2.24) is 15.1 Å². The highest BCUT2D eigenvalue weighted by atomic mass is 32.2. The average molecular weight is 602 g/mol. The van der Waals surface area contributed by atoms with E-state index in [0.717, 1.165) is 23.9 Å². The number of nitrogens with zero attached hydrogens (tertiary/aromatic N) is 2. The Kier molecular flexibility index (Phi) is 8.28. The summed E-state index contributed by atoms with van der Waals surface area (Å²) in [5.41, 5.74) is 0.0216. The summed E-state index contributed by atoms with van der Waals surface area (Å²) in [6, 6.07) is 6.01. The van der Waals surface area contributed by atoms with Crippen molar-refractivity contribution >= 4 is 25.6 Å². The molecule has 0 saturated heterocycles. The minimum atomic E-state index is -5.01. The Labute approximate surface area is 228 Å². The molecule has 0 amide bonds. The SMILES string of the molecule is COc1ccc(S(=O)(=O)c2cc(C(F)(F)F)cc(S(=O)(=O)CN[C@@H]3CCCc4c3cnn4CCC(=O)O)c2)cc1. The maximum Gasteiger partial charge on any atom is 0.416 e. The lowest BCUT2D eigenvalue weighted by Gasteiger charge is -2.24.